The lowest BCUT2D eigenvalue weighted by molar-refractivity contribution is 0.539. The van der Waals surface area contributed by atoms with E-state index in [1.807, 2.05) is 0 Å². The first-order valence-corrected chi connectivity index (χ1v) is 10.4. The maximum Gasteiger partial charge on any atom is 0.0207 e. The average Bonchev–Trinajstić information content (AvgIpc) is 2.53. The van der Waals surface area contributed by atoms with E-state index in [1.54, 1.807) is 0 Å². The van der Waals surface area contributed by atoms with E-state index in [1.165, 1.54) is 99.9 Å². The van der Waals surface area contributed by atoms with Crippen molar-refractivity contribution in [1.29, 1.82) is 0 Å². The van der Waals surface area contributed by atoms with Gasteiger partial charge < -0.3 is 0 Å². The molecule has 0 spiro atoms. The van der Waals surface area contributed by atoms with Gasteiger partial charge in [0.2, 0.25) is 0 Å². The van der Waals surface area contributed by atoms with Gasteiger partial charge in [0.05, 0.1) is 0 Å². The Kier molecular flexibility index (Phi) is 12.8. The third kappa shape index (κ3) is 10.4. The van der Waals surface area contributed by atoms with Crippen LogP contribution in [-0.4, -0.2) is 0 Å². The first-order chi connectivity index (χ1) is 10.8. The van der Waals surface area contributed by atoms with Crippen LogP contribution in [0.2, 0.25) is 0 Å². The summed E-state index contributed by atoms with van der Waals surface area (Å²) in [5, 5.41) is 0. The fourth-order valence-corrected chi connectivity index (χ4v) is 3.52. The van der Waals surface area contributed by atoms with Crippen molar-refractivity contribution in [3.8, 4) is 0 Å². The molecule has 0 nitrogen and oxygen atoms in total. The van der Waals surface area contributed by atoms with E-state index in [2.05, 4.69) is 47.1 Å². The van der Waals surface area contributed by atoms with Crippen LogP contribution in [-0.2, 0) is 6.42 Å². The molecule has 0 aliphatic rings. The Morgan fingerprint density at radius 3 is 1.59 bits per heavy atom. The Morgan fingerprint density at radius 2 is 1.09 bits per heavy atom. The summed E-state index contributed by atoms with van der Waals surface area (Å²) < 4.78 is 1.27. The van der Waals surface area contributed by atoms with Gasteiger partial charge in [-0.25, -0.2) is 0 Å². The van der Waals surface area contributed by atoms with Gasteiger partial charge in [0.1, 0.15) is 0 Å². The summed E-state index contributed by atoms with van der Waals surface area (Å²) >= 11 is 3.63. The fraction of sp³-hybridized carbons (Fsp3) is 0.714. The normalized spacial score (nSPS) is 11.0. The van der Waals surface area contributed by atoms with Crippen molar-refractivity contribution in [3.05, 3.63) is 34.3 Å². The lowest BCUT2D eigenvalue weighted by Gasteiger charge is -2.05. The molecule has 1 rings (SSSR count). The number of hydrogen-bond donors (Lipinski definition) is 0. The van der Waals surface area contributed by atoms with E-state index in [4.69, 9.17) is 0 Å². The summed E-state index contributed by atoms with van der Waals surface area (Å²) in [5.74, 6) is 0. The number of hydrogen-bond acceptors (Lipinski definition) is 0. The molecule has 0 radical (unpaired) electrons. The predicted molar refractivity (Wildman–Crippen MR) is 104 cm³/mol. The second-order valence-electron chi connectivity index (χ2n) is 6.58. The van der Waals surface area contributed by atoms with Crippen molar-refractivity contribution in [3.63, 3.8) is 0 Å². The lowest BCUT2D eigenvalue weighted by atomic mass is 10.0. The van der Waals surface area contributed by atoms with E-state index >= 15 is 0 Å². The molecule has 22 heavy (non-hydrogen) atoms. The largest absolute Gasteiger partial charge is 0.0654 e. The number of benzene rings is 1. The summed E-state index contributed by atoms with van der Waals surface area (Å²) in [6.45, 7) is 2.29. The summed E-state index contributed by atoms with van der Waals surface area (Å²) in [6, 6.07) is 8.63. The monoisotopic (exact) mass is 366 g/mol. The van der Waals surface area contributed by atoms with Gasteiger partial charge in [-0.05, 0) is 24.5 Å². The molecular formula is C21H35Br. The zero-order chi connectivity index (χ0) is 15.9. The minimum absolute atomic E-state index is 1.22. The van der Waals surface area contributed by atoms with Gasteiger partial charge in [0.15, 0.2) is 0 Å². The van der Waals surface area contributed by atoms with Crippen LogP contribution in [0.5, 0.6) is 0 Å². The van der Waals surface area contributed by atoms with E-state index in [0.29, 0.717) is 0 Å². The van der Waals surface area contributed by atoms with Gasteiger partial charge in [-0.1, -0.05) is 118 Å². The van der Waals surface area contributed by atoms with Crippen molar-refractivity contribution in [2.75, 3.05) is 0 Å². The molecule has 0 fully saturated rings. The highest BCUT2D eigenvalue weighted by atomic mass is 79.9. The van der Waals surface area contributed by atoms with Crippen molar-refractivity contribution >= 4 is 15.9 Å². The lowest BCUT2D eigenvalue weighted by Crippen LogP contribution is -1.88. The minimum Gasteiger partial charge on any atom is -0.0654 e. The SMILES string of the molecule is CCCCCCCCCCCCCCCc1ccccc1Br. The van der Waals surface area contributed by atoms with Crippen molar-refractivity contribution in [2.45, 2.75) is 96.8 Å². The molecule has 1 aromatic carbocycles. The van der Waals surface area contributed by atoms with Crippen LogP contribution in [0, 0.1) is 0 Å². The van der Waals surface area contributed by atoms with Gasteiger partial charge >= 0.3 is 0 Å². The highest BCUT2D eigenvalue weighted by Crippen LogP contribution is 2.19. The first kappa shape index (κ1) is 19.7. The molecular weight excluding hydrogens is 332 g/mol. The Balaban J connectivity index is 1.81. The number of halogens is 1. The molecule has 0 aliphatic carbocycles. The minimum atomic E-state index is 1.22. The molecule has 0 saturated carbocycles. The summed E-state index contributed by atoms with van der Waals surface area (Å²) in [7, 11) is 0. The highest BCUT2D eigenvalue weighted by molar-refractivity contribution is 9.10. The van der Waals surface area contributed by atoms with E-state index in [0.717, 1.165) is 0 Å². The van der Waals surface area contributed by atoms with E-state index < -0.39 is 0 Å². The maximum atomic E-state index is 3.63. The van der Waals surface area contributed by atoms with Crippen LogP contribution in [0.3, 0.4) is 0 Å². The summed E-state index contributed by atoms with van der Waals surface area (Å²) in [6.07, 6.45) is 19.8. The Labute approximate surface area is 147 Å². The molecule has 0 amide bonds. The maximum absolute atomic E-state index is 3.63. The van der Waals surface area contributed by atoms with Gasteiger partial charge in [-0.15, -0.1) is 0 Å². The molecule has 0 unspecified atom stereocenters. The average molecular weight is 367 g/mol. The van der Waals surface area contributed by atoms with Gasteiger partial charge in [0.25, 0.3) is 0 Å². The van der Waals surface area contributed by atoms with Crippen LogP contribution in [0.15, 0.2) is 28.7 Å². The third-order valence-corrected chi connectivity index (χ3v) is 5.28. The third-order valence-electron chi connectivity index (χ3n) is 4.51. The molecule has 0 N–H and O–H groups in total. The molecule has 0 aromatic heterocycles. The zero-order valence-corrected chi connectivity index (χ0v) is 16.2. The molecule has 0 atom stereocenters. The molecule has 0 heterocycles. The van der Waals surface area contributed by atoms with Crippen LogP contribution >= 0.6 is 15.9 Å². The number of unbranched alkanes of at least 4 members (excludes halogenated alkanes) is 12. The van der Waals surface area contributed by atoms with Crippen LogP contribution in [0.4, 0.5) is 0 Å². The van der Waals surface area contributed by atoms with Crippen LogP contribution in [0.25, 0.3) is 0 Å². The molecule has 0 saturated heterocycles. The van der Waals surface area contributed by atoms with Crippen molar-refractivity contribution in [2.24, 2.45) is 0 Å². The molecule has 1 heteroatoms. The first-order valence-electron chi connectivity index (χ1n) is 9.58. The van der Waals surface area contributed by atoms with Gasteiger partial charge in [-0.2, -0.15) is 0 Å². The zero-order valence-electron chi connectivity index (χ0n) is 14.6. The summed E-state index contributed by atoms with van der Waals surface area (Å²) in [5.41, 5.74) is 1.46. The van der Waals surface area contributed by atoms with Crippen LogP contribution < -0.4 is 0 Å². The molecule has 126 valence electrons. The Morgan fingerprint density at radius 1 is 0.636 bits per heavy atom. The van der Waals surface area contributed by atoms with E-state index in [9.17, 15) is 0 Å². The second kappa shape index (κ2) is 14.3. The molecule has 1 aromatic rings. The number of aryl methyl sites for hydroxylation is 1. The van der Waals surface area contributed by atoms with Gasteiger partial charge in [0, 0.05) is 4.47 Å². The van der Waals surface area contributed by atoms with E-state index in [-0.39, 0.29) is 0 Å². The second-order valence-corrected chi connectivity index (χ2v) is 7.44. The predicted octanol–water partition coefficient (Wildman–Crippen LogP) is 8.08. The van der Waals surface area contributed by atoms with Crippen molar-refractivity contribution in [1.82, 2.24) is 0 Å². The number of rotatable bonds is 14. The highest BCUT2D eigenvalue weighted by Gasteiger charge is 1.98. The van der Waals surface area contributed by atoms with Gasteiger partial charge in [-0.3, -0.25) is 0 Å². The van der Waals surface area contributed by atoms with Crippen LogP contribution in [0.1, 0.15) is 96.0 Å². The standard InChI is InChI=1S/C21H35Br/c1-2-3-4-5-6-7-8-9-10-11-12-13-14-17-20-18-15-16-19-21(20)22/h15-16,18-19H,2-14,17H2,1H3. The Bertz CT molecular complexity index is 359. The van der Waals surface area contributed by atoms with Crippen molar-refractivity contribution < 1.29 is 0 Å². The summed E-state index contributed by atoms with van der Waals surface area (Å²) in [4.78, 5) is 0. The Hall–Kier alpha value is -0.300. The molecule has 0 aliphatic heterocycles. The quantitative estimate of drug-likeness (QED) is 0.292. The topological polar surface area (TPSA) is 0 Å². The fourth-order valence-electron chi connectivity index (χ4n) is 3.03. The molecule has 0 bridgehead atoms. The smallest absolute Gasteiger partial charge is 0.0207 e.